The summed E-state index contributed by atoms with van der Waals surface area (Å²) in [6.45, 7) is 0. The molecule has 1 aromatic heterocycles. The van der Waals surface area contributed by atoms with Crippen molar-refractivity contribution < 1.29 is 15.3 Å². The molecule has 0 aliphatic heterocycles. The van der Waals surface area contributed by atoms with Gasteiger partial charge in [0.2, 0.25) is 5.88 Å². The van der Waals surface area contributed by atoms with Gasteiger partial charge in [0.15, 0.2) is 0 Å². The minimum Gasteiger partial charge on any atom is -0.506 e. The van der Waals surface area contributed by atoms with Crippen LogP contribution in [0.15, 0.2) is 52.3 Å². The number of pyridine rings is 1. The minimum absolute atomic E-state index is 0.0165. The molecule has 2 aromatic carbocycles. The number of fused-ring (bicyclic) bond motifs is 1. The van der Waals surface area contributed by atoms with Crippen molar-refractivity contribution in [1.29, 1.82) is 0 Å². The van der Waals surface area contributed by atoms with Crippen molar-refractivity contribution in [3.63, 3.8) is 0 Å². The zero-order chi connectivity index (χ0) is 15.7. The van der Waals surface area contributed by atoms with E-state index in [4.69, 9.17) is 0 Å². The summed E-state index contributed by atoms with van der Waals surface area (Å²) in [7, 11) is 0. The Bertz CT molecular complexity index is 924. The average molecular weight is 296 g/mol. The lowest BCUT2D eigenvalue weighted by atomic mass is 10.1. The van der Waals surface area contributed by atoms with Gasteiger partial charge in [-0.1, -0.05) is 24.3 Å². The normalized spacial score (nSPS) is 11.3. The van der Waals surface area contributed by atoms with Gasteiger partial charge in [-0.25, -0.2) is 4.99 Å². The van der Waals surface area contributed by atoms with Gasteiger partial charge in [0.1, 0.15) is 17.2 Å². The second kappa shape index (κ2) is 5.25. The maximum atomic E-state index is 11.8. The second-order valence-electron chi connectivity index (χ2n) is 4.67. The molecule has 3 aromatic rings. The zero-order valence-electron chi connectivity index (χ0n) is 11.3. The van der Waals surface area contributed by atoms with Crippen molar-refractivity contribution in [3.05, 3.63) is 58.4 Å². The summed E-state index contributed by atoms with van der Waals surface area (Å²) in [6, 6.07) is 11.0. The first-order chi connectivity index (χ1) is 10.6. The quantitative estimate of drug-likeness (QED) is 0.545. The number of nitrogens with zero attached hydrogens (tertiary/aromatic N) is 1. The standard InChI is InChI=1S/C16H12N2O4/c19-12-6-3-7-13(20)14(12)17-8-11-9-4-1-2-5-10(9)15(21)18-16(11)22/h1-8,19-20H,(H2,18,21,22). The molecule has 0 fully saturated rings. The van der Waals surface area contributed by atoms with Crippen molar-refractivity contribution in [2.75, 3.05) is 0 Å². The Kier molecular flexibility index (Phi) is 3.27. The van der Waals surface area contributed by atoms with Gasteiger partial charge < -0.3 is 15.3 Å². The van der Waals surface area contributed by atoms with Crippen LogP contribution in [0.4, 0.5) is 5.69 Å². The van der Waals surface area contributed by atoms with Crippen LogP contribution in [-0.4, -0.2) is 26.5 Å². The van der Waals surface area contributed by atoms with Crippen LogP contribution in [0.5, 0.6) is 17.4 Å². The Morgan fingerprint density at radius 2 is 1.55 bits per heavy atom. The van der Waals surface area contributed by atoms with Gasteiger partial charge in [-0.3, -0.25) is 9.78 Å². The number of benzene rings is 2. The third-order valence-corrected chi connectivity index (χ3v) is 3.27. The highest BCUT2D eigenvalue weighted by atomic mass is 16.3. The number of aliphatic imine (C=N–C) groups is 1. The first-order valence-electron chi connectivity index (χ1n) is 6.47. The van der Waals surface area contributed by atoms with Crippen molar-refractivity contribution in [2.45, 2.75) is 0 Å². The molecule has 22 heavy (non-hydrogen) atoms. The van der Waals surface area contributed by atoms with Crippen LogP contribution in [0.1, 0.15) is 5.56 Å². The van der Waals surface area contributed by atoms with Gasteiger partial charge in [-0.05, 0) is 18.2 Å². The Hall–Kier alpha value is -3.28. The van der Waals surface area contributed by atoms with E-state index in [1.54, 1.807) is 24.3 Å². The summed E-state index contributed by atoms with van der Waals surface area (Å²) in [5.74, 6) is -0.712. The summed E-state index contributed by atoms with van der Waals surface area (Å²) in [6.07, 6.45) is 1.28. The first-order valence-corrected chi connectivity index (χ1v) is 6.47. The van der Waals surface area contributed by atoms with Gasteiger partial charge in [-0.15, -0.1) is 0 Å². The number of phenolic OH excluding ortho intramolecular Hbond substituents is 2. The number of aromatic amines is 1. The molecular formula is C16H12N2O4. The summed E-state index contributed by atoms with van der Waals surface area (Å²) in [5.41, 5.74) is -0.134. The highest BCUT2D eigenvalue weighted by molar-refractivity contribution is 6.02. The summed E-state index contributed by atoms with van der Waals surface area (Å²) in [5, 5.41) is 30.3. The van der Waals surface area contributed by atoms with Crippen molar-refractivity contribution >= 4 is 22.7 Å². The van der Waals surface area contributed by atoms with E-state index in [2.05, 4.69) is 9.98 Å². The van der Waals surface area contributed by atoms with Crippen LogP contribution in [0.3, 0.4) is 0 Å². The van der Waals surface area contributed by atoms with Crippen LogP contribution in [0, 0.1) is 0 Å². The number of aromatic nitrogens is 1. The van der Waals surface area contributed by atoms with Crippen molar-refractivity contribution in [3.8, 4) is 17.4 Å². The largest absolute Gasteiger partial charge is 0.506 e. The van der Waals surface area contributed by atoms with Gasteiger partial charge in [0.25, 0.3) is 5.56 Å². The molecule has 0 radical (unpaired) electrons. The van der Waals surface area contributed by atoms with Crippen molar-refractivity contribution in [2.24, 2.45) is 4.99 Å². The van der Waals surface area contributed by atoms with Crippen LogP contribution < -0.4 is 5.56 Å². The molecule has 110 valence electrons. The molecule has 0 unspecified atom stereocenters. The lowest BCUT2D eigenvalue weighted by Crippen LogP contribution is -2.07. The molecule has 0 aliphatic rings. The molecule has 4 N–H and O–H groups in total. The van der Waals surface area contributed by atoms with Crippen LogP contribution in [-0.2, 0) is 0 Å². The number of phenols is 2. The maximum Gasteiger partial charge on any atom is 0.258 e. The molecule has 0 bridgehead atoms. The van der Waals surface area contributed by atoms with Crippen molar-refractivity contribution in [1.82, 2.24) is 4.98 Å². The molecule has 0 amide bonds. The van der Waals surface area contributed by atoms with E-state index in [0.29, 0.717) is 10.8 Å². The minimum atomic E-state index is -0.407. The molecule has 0 saturated carbocycles. The van der Waals surface area contributed by atoms with E-state index in [-0.39, 0.29) is 28.6 Å². The van der Waals surface area contributed by atoms with E-state index in [9.17, 15) is 20.1 Å². The van der Waals surface area contributed by atoms with E-state index in [1.165, 1.54) is 24.4 Å². The predicted octanol–water partition coefficient (Wildman–Crippen LogP) is 2.40. The van der Waals surface area contributed by atoms with Gasteiger partial charge in [0.05, 0.1) is 5.56 Å². The smallest absolute Gasteiger partial charge is 0.258 e. The first kappa shape index (κ1) is 13.7. The Morgan fingerprint density at radius 3 is 2.23 bits per heavy atom. The predicted molar refractivity (Wildman–Crippen MR) is 83.3 cm³/mol. The van der Waals surface area contributed by atoms with E-state index >= 15 is 0 Å². The monoisotopic (exact) mass is 296 g/mol. The highest BCUT2D eigenvalue weighted by Crippen LogP contribution is 2.35. The van der Waals surface area contributed by atoms with E-state index in [1.807, 2.05) is 0 Å². The topological polar surface area (TPSA) is 106 Å². The van der Waals surface area contributed by atoms with Gasteiger partial charge >= 0.3 is 0 Å². The maximum absolute atomic E-state index is 11.8. The number of nitrogens with one attached hydrogen (secondary N) is 1. The molecular weight excluding hydrogens is 284 g/mol. The fourth-order valence-corrected chi connectivity index (χ4v) is 2.20. The molecule has 0 aliphatic carbocycles. The van der Waals surface area contributed by atoms with Crippen LogP contribution >= 0.6 is 0 Å². The number of aromatic hydroxyl groups is 3. The van der Waals surface area contributed by atoms with Gasteiger partial charge in [-0.2, -0.15) is 0 Å². The molecule has 6 nitrogen and oxygen atoms in total. The second-order valence-corrected chi connectivity index (χ2v) is 4.67. The third kappa shape index (κ3) is 2.26. The Balaban J connectivity index is 2.19. The lowest BCUT2D eigenvalue weighted by Gasteiger charge is -2.05. The number of rotatable bonds is 2. The summed E-state index contributed by atoms with van der Waals surface area (Å²) in [4.78, 5) is 18.1. The zero-order valence-corrected chi connectivity index (χ0v) is 11.3. The third-order valence-electron chi connectivity index (χ3n) is 3.27. The molecule has 0 spiro atoms. The number of hydrogen-bond donors (Lipinski definition) is 4. The van der Waals surface area contributed by atoms with E-state index in [0.717, 1.165) is 0 Å². The molecule has 6 heteroatoms. The number of H-pyrrole nitrogens is 1. The molecule has 3 rings (SSSR count). The summed E-state index contributed by atoms with van der Waals surface area (Å²) < 4.78 is 0. The number of hydrogen-bond acceptors (Lipinski definition) is 5. The lowest BCUT2D eigenvalue weighted by molar-refractivity contribution is 0.451. The molecule has 0 saturated heterocycles. The number of para-hydroxylation sites is 1. The average Bonchev–Trinajstić information content (AvgIpc) is 2.49. The fraction of sp³-hybridized carbons (Fsp3) is 0. The molecule has 1 heterocycles. The molecule has 0 atom stereocenters. The highest BCUT2D eigenvalue weighted by Gasteiger charge is 2.10. The Morgan fingerprint density at radius 1 is 0.909 bits per heavy atom. The van der Waals surface area contributed by atoms with Crippen LogP contribution in [0.2, 0.25) is 0 Å². The Labute approximate surface area is 124 Å². The fourth-order valence-electron chi connectivity index (χ4n) is 2.20. The van der Waals surface area contributed by atoms with Gasteiger partial charge in [0, 0.05) is 17.0 Å². The summed E-state index contributed by atoms with van der Waals surface area (Å²) >= 11 is 0. The van der Waals surface area contributed by atoms with Crippen LogP contribution in [0.25, 0.3) is 10.8 Å². The SMILES string of the molecule is O=c1[nH]c(O)c(C=Nc2c(O)cccc2O)c2ccccc12. The van der Waals surface area contributed by atoms with E-state index < -0.39 is 5.56 Å².